The molecule has 0 bridgehead atoms. The van der Waals surface area contributed by atoms with Gasteiger partial charge in [-0.25, -0.2) is 0 Å². The highest BCUT2D eigenvalue weighted by atomic mass is 35.5. The van der Waals surface area contributed by atoms with Gasteiger partial charge in [-0.3, -0.25) is 9.59 Å². The van der Waals surface area contributed by atoms with Gasteiger partial charge in [-0.05, 0) is 55.0 Å². The van der Waals surface area contributed by atoms with Crippen molar-refractivity contribution in [1.29, 1.82) is 0 Å². The van der Waals surface area contributed by atoms with Crippen molar-refractivity contribution in [2.45, 2.75) is 59.0 Å². The number of halogens is 2. The monoisotopic (exact) mass is 448 g/mol. The lowest BCUT2D eigenvalue weighted by Gasteiger charge is -2.29. The maximum Gasteiger partial charge on any atom is 0.242 e. The van der Waals surface area contributed by atoms with E-state index in [1.54, 1.807) is 24.0 Å². The van der Waals surface area contributed by atoms with Crippen LogP contribution in [0.25, 0.3) is 0 Å². The first kappa shape index (κ1) is 24.2. The Bertz CT molecular complexity index is 866. The molecule has 1 unspecified atom stereocenters. The Balaban J connectivity index is 2.14. The first-order chi connectivity index (χ1) is 14.2. The second-order valence-corrected chi connectivity index (χ2v) is 8.55. The van der Waals surface area contributed by atoms with Gasteiger partial charge >= 0.3 is 0 Å². The highest BCUT2D eigenvalue weighted by Crippen LogP contribution is 2.24. The van der Waals surface area contributed by atoms with E-state index in [1.807, 2.05) is 13.0 Å². The zero-order valence-electron chi connectivity index (χ0n) is 18.0. The van der Waals surface area contributed by atoms with Crippen LogP contribution in [0.4, 0.5) is 0 Å². The van der Waals surface area contributed by atoms with Crippen LogP contribution in [0.5, 0.6) is 0 Å². The van der Waals surface area contributed by atoms with Crippen molar-refractivity contribution in [2.24, 2.45) is 0 Å². The van der Waals surface area contributed by atoms with Crippen LogP contribution in [0.3, 0.4) is 0 Å². The number of hydrogen-bond acceptors (Lipinski definition) is 2. The lowest BCUT2D eigenvalue weighted by Crippen LogP contribution is -2.47. The van der Waals surface area contributed by atoms with Crippen molar-refractivity contribution in [1.82, 2.24) is 10.2 Å². The summed E-state index contributed by atoms with van der Waals surface area (Å²) in [4.78, 5) is 27.1. The predicted octanol–water partition coefficient (Wildman–Crippen LogP) is 5.60. The van der Waals surface area contributed by atoms with Crippen LogP contribution in [-0.2, 0) is 22.6 Å². The molecule has 2 aromatic carbocycles. The van der Waals surface area contributed by atoms with E-state index in [4.69, 9.17) is 23.2 Å². The number of nitrogens with zero attached hydrogens (tertiary/aromatic N) is 1. The van der Waals surface area contributed by atoms with Crippen molar-refractivity contribution in [3.05, 3.63) is 69.2 Å². The average Bonchev–Trinajstić information content (AvgIpc) is 2.72. The summed E-state index contributed by atoms with van der Waals surface area (Å²) >= 11 is 12.1. The first-order valence-electron chi connectivity index (χ1n) is 10.3. The summed E-state index contributed by atoms with van der Waals surface area (Å²) in [5, 5.41) is 3.68. The lowest BCUT2D eigenvalue weighted by molar-refractivity contribution is -0.140. The quantitative estimate of drug-likeness (QED) is 0.542. The molecule has 2 rings (SSSR count). The molecule has 0 saturated carbocycles. The maximum atomic E-state index is 13.1. The Hall–Kier alpha value is -2.04. The minimum atomic E-state index is -0.588. The number of benzene rings is 2. The topological polar surface area (TPSA) is 49.4 Å². The molecule has 2 aromatic rings. The van der Waals surface area contributed by atoms with Gasteiger partial charge in [0.2, 0.25) is 11.8 Å². The van der Waals surface area contributed by atoms with Crippen molar-refractivity contribution >= 4 is 35.0 Å². The van der Waals surface area contributed by atoms with Crippen LogP contribution in [-0.4, -0.2) is 29.3 Å². The third-order valence-corrected chi connectivity index (χ3v) is 5.87. The van der Waals surface area contributed by atoms with Gasteiger partial charge in [0.25, 0.3) is 0 Å². The molecular formula is C24H30Cl2N2O2. The standard InChI is InChI=1S/C24H30Cl2N2O2/c1-5-27-24(30)17(4)28(15-19-8-12-21(25)22(26)14-19)23(29)13-9-18-6-10-20(11-7-18)16(2)3/h6-8,10-12,14,16-17H,5,9,13,15H2,1-4H3,(H,27,30). The van der Waals surface area contributed by atoms with Gasteiger partial charge in [0, 0.05) is 19.5 Å². The molecule has 0 aliphatic carbocycles. The molecule has 0 aromatic heterocycles. The molecular weight excluding hydrogens is 419 g/mol. The third kappa shape index (κ3) is 6.75. The largest absolute Gasteiger partial charge is 0.355 e. The van der Waals surface area contributed by atoms with Crippen molar-refractivity contribution in [3.8, 4) is 0 Å². The smallest absolute Gasteiger partial charge is 0.242 e. The molecule has 0 spiro atoms. The molecule has 4 nitrogen and oxygen atoms in total. The summed E-state index contributed by atoms with van der Waals surface area (Å²) < 4.78 is 0. The minimum absolute atomic E-state index is 0.0761. The van der Waals surface area contributed by atoms with E-state index in [9.17, 15) is 9.59 Å². The average molecular weight is 449 g/mol. The molecule has 0 heterocycles. The summed E-state index contributed by atoms with van der Waals surface area (Å²) in [6.07, 6.45) is 0.948. The molecule has 6 heteroatoms. The molecule has 0 radical (unpaired) electrons. The SMILES string of the molecule is CCNC(=O)C(C)N(Cc1ccc(Cl)c(Cl)c1)C(=O)CCc1ccc(C(C)C)cc1. The van der Waals surface area contributed by atoms with Crippen molar-refractivity contribution < 1.29 is 9.59 Å². The summed E-state index contributed by atoms with van der Waals surface area (Å²) in [6.45, 7) is 8.72. The Morgan fingerprint density at radius 1 is 0.967 bits per heavy atom. The van der Waals surface area contributed by atoms with Crippen molar-refractivity contribution in [2.75, 3.05) is 6.54 Å². The van der Waals surface area contributed by atoms with Gasteiger partial charge in [0.1, 0.15) is 6.04 Å². The molecule has 0 saturated heterocycles. The molecule has 0 aliphatic heterocycles. The number of aryl methyl sites for hydroxylation is 1. The minimum Gasteiger partial charge on any atom is -0.355 e. The second kappa shape index (κ2) is 11.4. The normalized spacial score (nSPS) is 12.0. The van der Waals surface area contributed by atoms with Crippen LogP contribution < -0.4 is 5.32 Å². The molecule has 0 fully saturated rings. The zero-order valence-corrected chi connectivity index (χ0v) is 19.6. The highest BCUT2D eigenvalue weighted by molar-refractivity contribution is 6.42. The zero-order chi connectivity index (χ0) is 22.3. The highest BCUT2D eigenvalue weighted by Gasteiger charge is 2.25. The summed E-state index contributed by atoms with van der Waals surface area (Å²) in [5.41, 5.74) is 3.21. The molecule has 1 atom stereocenters. The molecule has 162 valence electrons. The lowest BCUT2D eigenvalue weighted by atomic mass is 10.00. The number of rotatable bonds is 9. The Labute approximate surface area is 189 Å². The summed E-state index contributed by atoms with van der Waals surface area (Å²) in [5.74, 6) is 0.222. The first-order valence-corrected chi connectivity index (χ1v) is 11.1. The van der Waals surface area contributed by atoms with Gasteiger partial charge in [-0.2, -0.15) is 0 Å². The van der Waals surface area contributed by atoms with Gasteiger partial charge in [-0.15, -0.1) is 0 Å². The summed E-state index contributed by atoms with van der Waals surface area (Å²) in [7, 11) is 0. The molecule has 30 heavy (non-hydrogen) atoms. The van der Waals surface area contributed by atoms with Crippen molar-refractivity contribution in [3.63, 3.8) is 0 Å². The Kier molecular flexibility index (Phi) is 9.19. The number of carbonyl (C=O) groups is 2. The fourth-order valence-electron chi connectivity index (χ4n) is 3.20. The van der Waals surface area contributed by atoms with Gasteiger partial charge in [0.05, 0.1) is 10.0 Å². The number of likely N-dealkylation sites (N-methyl/N-ethyl adjacent to an activating group) is 1. The molecule has 2 amide bonds. The van der Waals surface area contributed by atoms with Gasteiger partial charge in [0.15, 0.2) is 0 Å². The van der Waals surface area contributed by atoms with Crippen LogP contribution in [0.1, 0.15) is 56.7 Å². The number of hydrogen-bond donors (Lipinski definition) is 1. The fraction of sp³-hybridized carbons (Fsp3) is 0.417. The van der Waals surface area contributed by atoms with E-state index in [0.29, 0.717) is 41.9 Å². The number of amides is 2. The van der Waals surface area contributed by atoms with Gasteiger partial charge < -0.3 is 10.2 Å². The third-order valence-electron chi connectivity index (χ3n) is 5.13. The van der Waals surface area contributed by atoms with Crippen LogP contribution in [0.15, 0.2) is 42.5 Å². The number of carbonyl (C=O) groups excluding carboxylic acids is 2. The van der Waals surface area contributed by atoms with Gasteiger partial charge in [-0.1, -0.05) is 67.4 Å². The van der Waals surface area contributed by atoms with E-state index in [-0.39, 0.29) is 11.8 Å². The molecule has 0 aliphatic rings. The molecule has 1 N–H and O–H groups in total. The summed E-state index contributed by atoms with van der Waals surface area (Å²) in [6, 6.07) is 13.0. The van der Waals surface area contributed by atoms with E-state index in [1.165, 1.54) is 5.56 Å². The predicted molar refractivity (Wildman–Crippen MR) is 124 cm³/mol. The van der Waals surface area contributed by atoms with E-state index in [2.05, 4.69) is 43.4 Å². The van der Waals surface area contributed by atoms with E-state index < -0.39 is 6.04 Å². The second-order valence-electron chi connectivity index (χ2n) is 7.74. The van der Waals surface area contributed by atoms with E-state index in [0.717, 1.165) is 11.1 Å². The van der Waals surface area contributed by atoms with Crippen LogP contribution in [0, 0.1) is 0 Å². The van der Waals surface area contributed by atoms with E-state index >= 15 is 0 Å². The fourth-order valence-corrected chi connectivity index (χ4v) is 3.52. The van der Waals surface area contributed by atoms with Crippen LogP contribution >= 0.6 is 23.2 Å². The Morgan fingerprint density at radius 2 is 1.60 bits per heavy atom. The van der Waals surface area contributed by atoms with Crippen LogP contribution in [0.2, 0.25) is 10.0 Å². The number of nitrogens with one attached hydrogen (secondary N) is 1. The maximum absolute atomic E-state index is 13.1. The Morgan fingerprint density at radius 3 is 2.17 bits per heavy atom.